The van der Waals surface area contributed by atoms with Crippen LogP contribution in [0.25, 0.3) is 0 Å². The van der Waals surface area contributed by atoms with Crippen LogP contribution in [0.5, 0.6) is 0 Å². The van der Waals surface area contributed by atoms with Gasteiger partial charge in [-0.2, -0.15) is 0 Å². The third-order valence-electron chi connectivity index (χ3n) is 5.33. The molecule has 0 aliphatic carbocycles. The fraction of sp³-hybridized carbons (Fsp3) is 0.435. The van der Waals surface area contributed by atoms with Crippen molar-refractivity contribution >= 4 is 33.1 Å². The van der Waals surface area contributed by atoms with E-state index in [0.29, 0.717) is 6.61 Å². The zero-order valence-electron chi connectivity index (χ0n) is 17.7. The Bertz CT molecular complexity index is 676. The van der Waals surface area contributed by atoms with Crippen LogP contribution in [-0.4, -0.2) is 29.3 Å². The van der Waals surface area contributed by atoms with Gasteiger partial charge in [-0.1, -0.05) is 91.8 Å². The van der Waals surface area contributed by atoms with Crippen molar-refractivity contribution in [3.05, 3.63) is 60.7 Å². The summed E-state index contributed by atoms with van der Waals surface area (Å²) in [5.74, 6) is 0. The first kappa shape index (κ1) is 21.8. The molecule has 0 spiro atoms. The summed E-state index contributed by atoms with van der Waals surface area (Å²) in [6, 6.07) is 21.4. The average molecular weight is 399 g/mol. The summed E-state index contributed by atoms with van der Waals surface area (Å²) in [5.41, 5.74) is -0.0290. The lowest BCUT2D eigenvalue weighted by Gasteiger charge is -2.47. The maximum absolute atomic E-state index is 12.5. The first-order valence-electron chi connectivity index (χ1n) is 9.83. The summed E-state index contributed by atoms with van der Waals surface area (Å²) in [7, 11) is -4.01. The van der Waals surface area contributed by atoms with E-state index in [9.17, 15) is 4.79 Å². The van der Waals surface area contributed by atoms with Crippen LogP contribution in [0, 0.1) is 0 Å². The summed E-state index contributed by atoms with van der Waals surface area (Å²) >= 11 is 0. The van der Waals surface area contributed by atoms with Crippen molar-refractivity contribution in [3.8, 4) is 0 Å². The van der Waals surface area contributed by atoms with Crippen molar-refractivity contribution in [1.29, 1.82) is 0 Å². The highest BCUT2D eigenvalue weighted by atomic mass is 28.4. The fourth-order valence-corrected chi connectivity index (χ4v) is 11.3. The minimum atomic E-state index is -2.41. The molecule has 0 N–H and O–H groups in total. The zero-order chi connectivity index (χ0) is 20.1. The summed E-state index contributed by atoms with van der Waals surface area (Å²) in [4.78, 5) is 12.5. The van der Waals surface area contributed by atoms with Gasteiger partial charge >= 0.3 is 0 Å². The van der Waals surface area contributed by atoms with Crippen LogP contribution >= 0.6 is 0 Å². The predicted molar refractivity (Wildman–Crippen MR) is 121 cm³/mol. The Labute approximate surface area is 167 Å². The second kappa shape index (κ2) is 8.67. The molecular formula is C23H34O2Si2. The first-order valence-corrected chi connectivity index (χ1v) is 15.3. The topological polar surface area (TPSA) is 26.3 Å². The summed E-state index contributed by atoms with van der Waals surface area (Å²) in [5, 5.41) is 2.64. The van der Waals surface area contributed by atoms with E-state index in [4.69, 9.17) is 4.43 Å². The fourth-order valence-electron chi connectivity index (χ4n) is 4.30. The van der Waals surface area contributed by atoms with E-state index < -0.39 is 16.4 Å². The molecule has 4 heteroatoms. The standard InChI is InChI=1S/C23H34O2Si2/c1-23(2,3)27(20-13-9-7-10-14-20,21-15-11-8-12-16-21)22(19-24)17-18-25-26(4,5)6/h7-16,19,22H,17-18H2,1-6H3. The molecule has 1 unspecified atom stereocenters. The van der Waals surface area contributed by atoms with E-state index in [0.717, 1.165) is 6.42 Å². The molecule has 0 aliphatic heterocycles. The third-order valence-corrected chi connectivity index (χ3v) is 12.8. The lowest BCUT2D eigenvalue weighted by atomic mass is 10.2. The normalized spacial score (nSPS) is 14.0. The Hall–Kier alpha value is -1.50. The zero-order valence-corrected chi connectivity index (χ0v) is 19.7. The molecule has 0 aromatic heterocycles. The largest absolute Gasteiger partial charge is 0.418 e. The highest BCUT2D eigenvalue weighted by molar-refractivity contribution is 7.06. The smallest absolute Gasteiger partial charge is 0.183 e. The second-order valence-corrected chi connectivity index (χ2v) is 18.8. The Kier molecular flexibility index (Phi) is 7.00. The van der Waals surface area contributed by atoms with Gasteiger partial charge in [0, 0.05) is 12.1 Å². The molecule has 1 atom stereocenters. The monoisotopic (exact) mass is 398 g/mol. The van der Waals surface area contributed by atoms with Crippen LogP contribution in [0.4, 0.5) is 0 Å². The molecule has 2 rings (SSSR count). The van der Waals surface area contributed by atoms with E-state index in [-0.39, 0.29) is 10.6 Å². The highest BCUT2D eigenvalue weighted by Crippen LogP contribution is 2.43. The molecule has 0 bridgehead atoms. The van der Waals surface area contributed by atoms with Gasteiger partial charge in [-0.05, 0) is 31.1 Å². The van der Waals surface area contributed by atoms with Crippen molar-refractivity contribution in [2.24, 2.45) is 0 Å². The Morgan fingerprint density at radius 3 is 1.67 bits per heavy atom. The van der Waals surface area contributed by atoms with Crippen LogP contribution in [0.2, 0.25) is 30.2 Å². The number of aldehydes is 1. The molecular weight excluding hydrogens is 364 g/mol. The molecule has 0 saturated carbocycles. The molecule has 146 valence electrons. The quantitative estimate of drug-likeness (QED) is 0.469. The van der Waals surface area contributed by atoms with Crippen molar-refractivity contribution in [2.75, 3.05) is 6.61 Å². The van der Waals surface area contributed by atoms with Crippen molar-refractivity contribution in [1.82, 2.24) is 0 Å². The van der Waals surface area contributed by atoms with Gasteiger partial charge < -0.3 is 9.22 Å². The van der Waals surface area contributed by atoms with Gasteiger partial charge in [0.15, 0.2) is 8.32 Å². The third kappa shape index (κ3) is 4.87. The Balaban J connectivity index is 2.62. The minimum absolute atomic E-state index is 0.0134. The minimum Gasteiger partial charge on any atom is -0.418 e. The van der Waals surface area contributed by atoms with E-state index >= 15 is 0 Å². The van der Waals surface area contributed by atoms with Crippen LogP contribution in [-0.2, 0) is 9.22 Å². The number of hydrogen-bond acceptors (Lipinski definition) is 2. The Morgan fingerprint density at radius 1 is 0.889 bits per heavy atom. The summed E-state index contributed by atoms with van der Waals surface area (Å²) < 4.78 is 6.14. The van der Waals surface area contributed by atoms with E-state index in [1.165, 1.54) is 16.7 Å². The van der Waals surface area contributed by atoms with Crippen LogP contribution in [0.15, 0.2) is 60.7 Å². The van der Waals surface area contributed by atoms with Crippen molar-refractivity contribution in [3.63, 3.8) is 0 Å². The SMILES string of the molecule is CC(C)(C)[Si](c1ccccc1)(c1ccccc1)C(C=O)CCO[Si](C)(C)C. The lowest BCUT2D eigenvalue weighted by Crippen LogP contribution is -2.67. The number of hydrogen-bond donors (Lipinski definition) is 0. The van der Waals surface area contributed by atoms with Gasteiger partial charge in [0.1, 0.15) is 14.4 Å². The number of rotatable bonds is 8. The van der Waals surface area contributed by atoms with Gasteiger partial charge in [0.05, 0.1) is 0 Å². The molecule has 0 fully saturated rings. The van der Waals surface area contributed by atoms with E-state index in [1.54, 1.807) is 0 Å². The van der Waals surface area contributed by atoms with Gasteiger partial charge in [0.25, 0.3) is 0 Å². The molecule has 2 nitrogen and oxygen atoms in total. The summed E-state index contributed by atoms with van der Waals surface area (Å²) in [6.07, 6.45) is 1.99. The summed E-state index contributed by atoms with van der Waals surface area (Å²) in [6.45, 7) is 14.2. The molecule has 27 heavy (non-hydrogen) atoms. The maximum Gasteiger partial charge on any atom is 0.183 e. The van der Waals surface area contributed by atoms with Gasteiger partial charge in [-0.25, -0.2) is 0 Å². The molecule has 0 aliphatic rings. The molecule has 0 radical (unpaired) electrons. The lowest BCUT2D eigenvalue weighted by molar-refractivity contribution is -0.108. The first-order chi connectivity index (χ1) is 12.6. The number of carbonyl (C=O) groups excluding carboxylic acids is 1. The van der Waals surface area contributed by atoms with Gasteiger partial charge in [-0.3, -0.25) is 0 Å². The molecule has 0 saturated heterocycles. The van der Waals surface area contributed by atoms with Crippen LogP contribution < -0.4 is 10.4 Å². The highest BCUT2D eigenvalue weighted by Gasteiger charge is 2.52. The van der Waals surface area contributed by atoms with Crippen molar-refractivity contribution < 1.29 is 9.22 Å². The molecule has 2 aromatic carbocycles. The number of benzene rings is 2. The average Bonchev–Trinajstić information content (AvgIpc) is 2.60. The van der Waals surface area contributed by atoms with E-state index in [2.05, 4.69) is 101 Å². The van der Waals surface area contributed by atoms with Gasteiger partial charge in [0.2, 0.25) is 0 Å². The second-order valence-electron chi connectivity index (χ2n) is 9.28. The molecule has 2 aromatic rings. The predicted octanol–water partition coefficient (Wildman–Crippen LogP) is 4.86. The Morgan fingerprint density at radius 2 is 1.33 bits per heavy atom. The molecule has 0 amide bonds. The van der Waals surface area contributed by atoms with Crippen LogP contribution in [0.1, 0.15) is 27.2 Å². The molecule has 0 heterocycles. The maximum atomic E-state index is 12.5. The van der Waals surface area contributed by atoms with Gasteiger partial charge in [-0.15, -0.1) is 0 Å². The number of carbonyl (C=O) groups is 1. The van der Waals surface area contributed by atoms with Crippen molar-refractivity contribution in [2.45, 2.75) is 57.4 Å². The van der Waals surface area contributed by atoms with Crippen LogP contribution in [0.3, 0.4) is 0 Å². The van der Waals surface area contributed by atoms with E-state index in [1.807, 2.05) is 0 Å².